The molecule has 1 aromatic heterocycles. The van der Waals surface area contributed by atoms with Crippen LogP contribution in [0.5, 0.6) is 0 Å². The van der Waals surface area contributed by atoms with E-state index in [1.54, 1.807) is 0 Å². The minimum absolute atomic E-state index is 0.245. The maximum absolute atomic E-state index is 5.69. The summed E-state index contributed by atoms with van der Waals surface area (Å²) in [6.45, 7) is 0. The Morgan fingerprint density at radius 3 is 2.63 bits per heavy atom. The van der Waals surface area contributed by atoms with Gasteiger partial charge in [-0.15, -0.1) is 11.6 Å². The fraction of sp³-hybridized carbons (Fsp3) is 0.200. The van der Waals surface area contributed by atoms with Crippen LogP contribution in [0.1, 0.15) is 11.3 Å². The first-order valence-corrected chi connectivity index (χ1v) is 6.70. The second-order valence-electron chi connectivity index (χ2n) is 4.19. The molecule has 0 aliphatic heterocycles. The first-order chi connectivity index (χ1) is 9.29. The summed E-state index contributed by atoms with van der Waals surface area (Å²) in [4.78, 5) is 8.65. The number of pyridine rings is 1. The van der Waals surface area contributed by atoms with Gasteiger partial charge in [0.1, 0.15) is 5.84 Å². The number of rotatable bonds is 5. The highest BCUT2D eigenvalue weighted by molar-refractivity contribution is 6.28. The SMILES string of the molecule is NC(CCl)=Nc1ccccc1CCc1ccccn1. The Bertz CT molecular complexity index is 552. The number of aryl methyl sites for hydroxylation is 2. The quantitative estimate of drug-likeness (QED) is 0.517. The summed E-state index contributed by atoms with van der Waals surface area (Å²) in [5, 5.41) is 0. The van der Waals surface area contributed by atoms with Crippen molar-refractivity contribution in [3.8, 4) is 0 Å². The Labute approximate surface area is 118 Å². The summed E-state index contributed by atoms with van der Waals surface area (Å²) >= 11 is 5.66. The summed E-state index contributed by atoms with van der Waals surface area (Å²) in [5.41, 5.74) is 8.80. The first-order valence-electron chi connectivity index (χ1n) is 6.16. The number of halogens is 1. The molecule has 98 valence electrons. The molecule has 2 aromatic rings. The zero-order valence-electron chi connectivity index (χ0n) is 10.6. The van der Waals surface area contributed by atoms with Crippen LogP contribution in [0, 0.1) is 0 Å². The maximum Gasteiger partial charge on any atom is 0.115 e. The third-order valence-electron chi connectivity index (χ3n) is 2.77. The van der Waals surface area contributed by atoms with Gasteiger partial charge in [0.25, 0.3) is 0 Å². The monoisotopic (exact) mass is 273 g/mol. The van der Waals surface area contributed by atoms with Crippen LogP contribution in [-0.4, -0.2) is 16.7 Å². The molecule has 0 fully saturated rings. The lowest BCUT2D eigenvalue weighted by Gasteiger charge is -2.06. The van der Waals surface area contributed by atoms with Crippen LogP contribution in [0.3, 0.4) is 0 Å². The number of nitrogens with two attached hydrogens (primary N) is 1. The van der Waals surface area contributed by atoms with Crippen LogP contribution >= 0.6 is 11.6 Å². The molecule has 0 bridgehead atoms. The van der Waals surface area contributed by atoms with E-state index < -0.39 is 0 Å². The maximum atomic E-state index is 5.69. The third kappa shape index (κ3) is 4.07. The zero-order valence-corrected chi connectivity index (χ0v) is 11.3. The molecule has 0 aliphatic rings. The van der Waals surface area contributed by atoms with E-state index in [1.807, 2.05) is 42.6 Å². The molecule has 19 heavy (non-hydrogen) atoms. The molecule has 0 spiro atoms. The van der Waals surface area contributed by atoms with Crippen LogP contribution < -0.4 is 5.73 Å². The molecule has 0 radical (unpaired) electrons. The Morgan fingerprint density at radius 2 is 1.89 bits per heavy atom. The van der Waals surface area contributed by atoms with Crippen LogP contribution in [0.15, 0.2) is 53.7 Å². The van der Waals surface area contributed by atoms with Crippen molar-refractivity contribution >= 4 is 23.1 Å². The van der Waals surface area contributed by atoms with Gasteiger partial charge in [0.15, 0.2) is 0 Å². The normalized spacial score (nSPS) is 11.5. The highest BCUT2D eigenvalue weighted by Crippen LogP contribution is 2.20. The van der Waals surface area contributed by atoms with Gasteiger partial charge < -0.3 is 5.73 Å². The Balaban J connectivity index is 2.12. The van der Waals surface area contributed by atoms with Gasteiger partial charge in [-0.3, -0.25) is 4.98 Å². The molecule has 2 rings (SSSR count). The van der Waals surface area contributed by atoms with Crippen LogP contribution in [0.2, 0.25) is 0 Å². The van der Waals surface area contributed by atoms with Gasteiger partial charge in [-0.25, -0.2) is 4.99 Å². The number of hydrogen-bond acceptors (Lipinski definition) is 2. The molecule has 0 aliphatic carbocycles. The topological polar surface area (TPSA) is 51.3 Å². The van der Waals surface area contributed by atoms with Gasteiger partial charge >= 0.3 is 0 Å². The molecule has 4 heteroatoms. The van der Waals surface area contributed by atoms with E-state index in [4.69, 9.17) is 17.3 Å². The summed E-state index contributed by atoms with van der Waals surface area (Å²) in [5.74, 6) is 0.682. The first kappa shape index (κ1) is 13.6. The summed E-state index contributed by atoms with van der Waals surface area (Å²) in [6, 6.07) is 13.9. The molecule has 0 unspecified atom stereocenters. The van der Waals surface area contributed by atoms with Gasteiger partial charge in [-0.2, -0.15) is 0 Å². The molecule has 0 amide bonds. The van der Waals surface area contributed by atoms with E-state index in [0.29, 0.717) is 5.84 Å². The zero-order chi connectivity index (χ0) is 13.5. The molecule has 3 nitrogen and oxygen atoms in total. The molecular weight excluding hydrogens is 258 g/mol. The van der Waals surface area contributed by atoms with E-state index in [-0.39, 0.29) is 5.88 Å². The number of nitrogens with zero attached hydrogens (tertiary/aromatic N) is 2. The average molecular weight is 274 g/mol. The Morgan fingerprint density at radius 1 is 1.11 bits per heavy atom. The predicted octanol–water partition coefficient (Wildman–Crippen LogP) is 3.09. The highest BCUT2D eigenvalue weighted by atomic mass is 35.5. The van der Waals surface area contributed by atoms with E-state index in [9.17, 15) is 0 Å². The van der Waals surface area contributed by atoms with E-state index >= 15 is 0 Å². The molecule has 1 aromatic carbocycles. The standard InChI is InChI=1S/C15H16ClN3/c16-11-15(17)19-14-7-2-1-5-12(14)8-9-13-6-3-4-10-18-13/h1-7,10H,8-9,11H2,(H2,17,19). The molecular formula is C15H16ClN3. The smallest absolute Gasteiger partial charge is 0.115 e. The Hall–Kier alpha value is -1.87. The number of aromatic nitrogens is 1. The van der Waals surface area contributed by atoms with Crippen molar-refractivity contribution < 1.29 is 0 Å². The van der Waals surface area contributed by atoms with Crippen LogP contribution in [0.4, 0.5) is 5.69 Å². The predicted molar refractivity (Wildman–Crippen MR) is 80.1 cm³/mol. The van der Waals surface area contributed by atoms with E-state index in [2.05, 4.69) is 16.0 Å². The summed E-state index contributed by atoms with van der Waals surface area (Å²) < 4.78 is 0. The fourth-order valence-corrected chi connectivity index (χ4v) is 1.88. The Kier molecular flexibility index (Phi) is 4.93. The van der Waals surface area contributed by atoms with Gasteiger partial charge in [0.2, 0.25) is 0 Å². The summed E-state index contributed by atoms with van der Waals surface area (Å²) in [7, 11) is 0. The molecule has 0 saturated carbocycles. The van der Waals surface area contributed by atoms with Gasteiger partial charge in [-0.05, 0) is 36.6 Å². The minimum atomic E-state index is 0.245. The molecule has 2 N–H and O–H groups in total. The number of alkyl halides is 1. The van der Waals surface area contributed by atoms with Crippen molar-refractivity contribution in [3.05, 3.63) is 59.9 Å². The lowest BCUT2D eigenvalue weighted by atomic mass is 10.1. The molecule has 0 saturated heterocycles. The second-order valence-corrected chi connectivity index (χ2v) is 4.45. The molecule has 1 heterocycles. The lowest BCUT2D eigenvalue weighted by molar-refractivity contribution is 0.913. The second kappa shape index (κ2) is 6.90. The average Bonchev–Trinajstić information content (AvgIpc) is 2.47. The number of para-hydroxylation sites is 1. The van der Waals surface area contributed by atoms with Gasteiger partial charge in [0.05, 0.1) is 11.6 Å². The number of hydrogen-bond donors (Lipinski definition) is 1. The largest absolute Gasteiger partial charge is 0.386 e. The number of amidine groups is 1. The third-order valence-corrected chi connectivity index (χ3v) is 3.04. The van der Waals surface area contributed by atoms with E-state index in [0.717, 1.165) is 29.8 Å². The van der Waals surface area contributed by atoms with Crippen molar-refractivity contribution in [2.75, 3.05) is 5.88 Å². The lowest BCUT2D eigenvalue weighted by Crippen LogP contribution is -2.12. The number of benzene rings is 1. The number of aliphatic imine (C=N–C) groups is 1. The van der Waals surface area contributed by atoms with Crippen molar-refractivity contribution in [1.82, 2.24) is 4.98 Å². The fourth-order valence-electron chi connectivity index (χ4n) is 1.82. The van der Waals surface area contributed by atoms with Crippen molar-refractivity contribution in [1.29, 1.82) is 0 Å². The van der Waals surface area contributed by atoms with Crippen molar-refractivity contribution in [2.24, 2.45) is 10.7 Å². The van der Waals surface area contributed by atoms with Gasteiger partial charge in [-0.1, -0.05) is 24.3 Å². The van der Waals surface area contributed by atoms with Crippen molar-refractivity contribution in [3.63, 3.8) is 0 Å². The van der Waals surface area contributed by atoms with Gasteiger partial charge in [0, 0.05) is 11.9 Å². The molecule has 0 atom stereocenters. The van der Waals surface area contributed by atoms with Crippen molar-refractivity contribution in [2.45, 2.75) is 12.8 Å². The summed E-state index contributed by atoms with van der Waals surface area (Å²) in [6.07, 6.45) is 3.57. The highest BCUT2D eigenvalue weighted by Gasteiger charge is 2.02. The minimum Gasteiger partial charge on any atom is -0.386 e. The van der Waals surface area contributed by atoms with Crippen LogP contribution in [0.25, 0.3) is 0 Å². The van der Waals surface area contributed by atoms with E-state index in [1.165, 1.54) is 0 Å². The van der Waals surface area contributed by atoms with Crippen LogP contribution in [-0.2, 0) is 12.8 Å².